The van der Waals surface area contributed by atoms with Gasteiger partial charge >= 0.3 is 0 Å². The number of rotatable bonds is 5. The fourth-order valence-corrected chi connectivity index (χ4v) is 4.96. The lowest BCUT2D eigenvalue weighted by Gasteiger charge is -2.18. The summed E-state index contributed by atoms with van der Waals surface area (Å²) in [7, 11) is 1.99. The molecular weight excluding hydrogens is 392 g/mol. The van der Waals surface area contributed by atoms with Crippen molar-refractivity contribution in [1.29, 1.82) is 0 Å². The third-order valence-corrected chi connectivity index (χ3v) is 6.95. The van der Waals surface area contributed by atoms with E-state index in [4.69, 9.17) is 4.98 Å². The largest absolute Gasteiger partial charge is 0.343 e. The molecule has 2 fully saturated rings. The number of hydrogen-bond acceptors (Lipinski definition) is 6. The minimum Gasteiger partial charge on any atom is -0.343 e. The van der Waals surface area contributed by atoms with Crippen LogP contribution in [0.5, 0.6) is 0 Å². The predicted octanol–water partition coefficient (Wildman–Crippen LogP) is 1.64. The van der Waals surface area contributed by atoms with E-state index in [1.807, 2.05) is 31.1 Å². The fourth-order valence-electron chi connectivity index (χ4n) is 4.96. The monoisotopic (exact) mass is 418 g/mol. The molecule has 9 nitrogen and oxygen atoms in total. The van der Waals surface area contributed by atoms with E-state index < -0.39 is 0 Å². The molecule has 31 heavy (non-hydrogen) atoms. The summed E-state index contributed by atoms with van der Waals surface area (Å²) < 4.78 is 3.80. The van der Waals surface area contributed by atoms with Crippen LogP contribution in [0.2, 0.25) is 0 Å². The maximum absolute atomic E-state index is 12.7. The second kappa shape index (κ2) is 6.90. The van der Waals surface area contributed by atoms with Crippen LogP contribution < -0.4 is 10.2 Å². The molecule has 4 heterocycles. The minimum absolute atomic E-state index is 0.0353. The molecule has 3 aliphatic rings. The zero-order valence-electron chi connectivity index (χ0n) is 17.8. The smallest absolute Gasteiger partial charge is 0.255 e. The zero-order chi connectivity index (χ0) is 21.1. The first-order valence-electron chi connectivity index (χ1n) is 11.0. The van der Waals surface area contributed by atoms with Gasteiger partial charge in [-0.15, -0.1) is 0 Å². The molecule has 0 bridgehead atoms. The molecule has 1 aliphatic heterocycles. The quantitative estimate of drug-likeness (QED) is 0.677. The normalized spacial score (nSPS) is 23.7. The van der Waals surface area contributed by atoms with Crippen LogP contribution in [-0.4, -0.2) is 48.3 Å². The van der Waals surface area contributed by atoms with Gasteiger partial charge in [0, 0.05) is 49.5 Å². The van der Waals surface area contributed by atoms with E-state index in [9.17, 15) is 4.79 Å². The second-order valence-electron chi connectivity index (χ2n) is 9.12. The molecule has 0 aromatic carbocycles. The van der Waals surface area contributed by atoms with E-state index in [1.54, 1.807) is 17.1 Å². The van der Waals surface area contributed by atoms with Gasteiger partial charge in [0.25, 0.3) is 5.91 Å². The van der Waals surface area contributed by atoms with E-state index in [1.165, 1.54) is 12.1 Å². The summed E-state index contributed by atoms with van der Waals surface area (Å²) in [6.07, 6.45) is 10.3. The van der Waals surface area contributed by atoms with Crippen LogP contribution in [0.1, 0.15) is 51.9 Å². The fraction of sp³-hybridized carbons (Fsp3) is 0.500. The number of carbonyl (C=O) groups excluding carboxylic acids is 1. The van der Waals surface area contributed by atoms with Gasteiger partial charge in [0.2, 0.25) is 5.95 Å². The number of fused-ring (bicyclic) bond motifs is 2. The third-order valence-electron chi connectivity index (χ3n) is 6.95. The first kappa shape index (κ1) is 18.5. The Morgan fingerprint density at radius 2 is 2.06 bits per heavy atom. The van der Waals surface area contributed by atoms with Crippen molar-refractivity contribution in [2.45, 2.75) is 38.8 Å². The van der Waals surface area contributed by atoms with Gasteiger partial charge < -0.3 is 14.8 Å². The van der Waals surface area contributed by atoms with Crippen molar-refractivity contribution in [1.82, 2.24) is 34.6 Å². The van der Waals surface area contributed by atoms with Gasteiger partial charge in [-0.3, -0.25) is 9.48 Å². The lowest BCUT2D eigenvalue weighted by molar-refractivity contribution is 0.0936. The number of hydrogen-bond donors (Lipinski definition) is 1. The summed E-state index contributed by atoms with van der Waals surface area (Å²) in [5.41, 5.74) is 4.70. The highest BCUT2D eigenvalue weighted by molar-refractivity contribution is 5.94. The van der Waals surface area contributed by atoms with Crippen molar-refractivity contribution in [3.8, 4) is 0 Å². The number of amides is 1. The average molecular weight is 419 g/mol. The highest BCUT2D eigenvalue weighted by Gasteiger charge is 2.45. The first-order chi connectivity index (χ1) is 15.0. The number of imidazole rings is 1. The van der Waals surface area contributed by atoms with Crippen molar-refractivity contribution in [3.05, 3.63) is 53.1 Å². The van der Waals surface area contributed by atoms with Crippen LogP contribution in [0.4, 0.5) is 5.95 Å². The molecule has 1 saturated carbocycles. The Kier molecular flexibility index (Phi) is 4.12. The highest BCUT2D eigenvalue weighted by Crippen LogP contribution is 2.45. The highest BCUT2D eigenvalue weighted by atomic mass is 16.1. The molecule has 1 amide bonds. The topological polar surface area (TPSA) is 93.8 Å². The van der Waals surface area contributed by atoms with Crippen molar-refractivity contribution >= 4 is 11.9 Å². The molecule has 2 unspecified atom stereocenters. The number of aryl methyl sites for hydroxylation is 2. The summed E-state index contributed by atoms with van der Waals surface area (Å²) in [5, 5.41) is 7.48. The Morgan fingerprint density at radius 3 is 2.87 bits per heavy atom. The zero-order valence-corrected chi connectivity index (χ0v) is 17.8. The van der Waals surface area contributed by atoms with Gasteiger partial charge in [0.1, 0.15) is 0 Å². The molecule has 0 spiro atoms. The number of nitrogens with one attached hydrogen (secondary N) is 1. The average Bonchev–Trinajstić information content (AvgIpc) is 3.22. The van der Waals surface area contributed by atoms with Crippen LogP contribution in [0.15, 0.2) is 24.9 Å². The number of aromatic nitrogens is 6. The molecule has 3 atom stereocenters. The van der Waals surface area contributed by atoms with Crippen LogP contribution in [0.3, 0.4) is 0 Å². The van der Waals surface area contributed by atoms with Crippen LogP contribution >= 0.6 is 0 Å². The molecule has 1 N–H and O–H groups in total. The van der Waals surface area contributed by atoms with Crippen LogP contribution in [-0.2, 0) is 20.0 Å². The van der Waals surface area contributed by atoms with Gasteiger partial charge in [-0.2, -0.15) is 5.10 Å². The number of piperidine rings is 1. The maximum Gasteiger partial charge on any atom is 0.255 e. The molecule has 2 aliphatic carbocycles. The van der Waals surface area contributed by atoms with Gasteiger partial charge in [-0.25, -0.2) is 15.0 Å². The van der Waals surface area contributed by atoms with Crippen LogP contribution in [0.25, 0.3) is 0 Å². The molecular formula is C22H26N8O. The van der Waals surface area contributed by atoms with E-state index in [-0.39, 0.29) is 11.9 Å². The number of nitrogens with zero attached hydrogens (tertiary/aromatic N) is 7. The van der Waals surface area contributed by atoms with Crippen molar-refractivity contribution in [2.75, 3.05) is 18.0 Å². The summed E-state index contributed by atoms with van der Waals surface area (Å²) in [5.74, 6) is 2.42. The molecule has 9 heteroatoms. The molecule has 160 valence electrons. The summed E-state index contributed by atoms with van der Waals surface area (Å²) >= 11 is 0. The van der Waals surface area contributed by atoms with Crippen LogP contribution in [0, 0.1) is 18.8 Å². The standard InChI is InChI=1S/C22H26N8O/c1-13-16(6-23-22(26-13)29-8-14-5-15(14)9-29)10-30-11-17(7-25-30)21(31)27-18-3-4-19-20(18)24-12-28(19)2/h6-7,11-12,14-15,18H,3-5,8-10H2,1-2H3,(H,27,31)/t14?,15?,18-/m1/s1. The summed E-state index contributed by atoms with van der Waals surface area (Å²) in [6, 6.07) is -0.0353. The molecule has 3 aromatic rings. The summed E-state index contributed by atoms with van der Waals surface area (Å²) in [6.45, 7) is 4.72. The molecule has 0 radical (unpaired) electrons. The second-order valence-corrected chi connectivity index (χ2v) is 9.12. The van der Waals surface area contributed by atoms with E-state index >= 15 is 0 Å². The predicted molar refractivity (Wildman–Crippen MR) is 114 cm³/mol. The Morgan fingerprint density at radius 1 is 1.23 bits per heavy atom. The summed E-state index contributed by atoms with van der Waals surface area (Å²) in [4.78, 5) is 28.8. The lowest BCUT2D eigenvalue weighted by atomic mass is 10.2. The molecule has 3 aromatic heterocycles. The van der Waals surface area contributed by atoms with E-state index in [2.05, 4.69) is 25.3 Å². The number of anilines is 1. The maximum atomic E-state index is 12.7. The number of carbonyl (C=O) groups is 1. The Bertz CT molecular complexity index is 1150. The minimum atomic E-state index is -0.120. The lowest BCUT2D eigenvalue weighted by Crippen LogP contribution is -2.27. The Labute approximate surface area is 180 Å². The van der Waals surface area contributed by atoms with Gasteiger partial charge in [-0.05, 0) is 38.0 Å². The van der Waals surface area contributed by atoms with Gasteiger partial charge in [0.15, 0.2) is 0 Å². The van der Waals surface area contributed by atoms with E-state index in [0.29, 0.717) is 12.1 Å². The Hall–Kier alpha value is -3.23. The Balaban J connectivity index is 1.12. The van der Waals surface area contributed by atoms with Gasteiger partial charge in [0.05, 0.1) is 36.4 Å². The van der Waals surface area contributed by atoms with Crippen molar-refractivity contribution in [3.63, 3.8) is 0 Å². The molecule has 6 rings (SSSR count). The molecule has 1 saturated heterocycles. The third kappa shape index (κ3) is 3.28. The van der Waals surface area contributed by atoms with Gasteiger partial charge in [-0.1, -0.05) is 0 Å². The van der Waals surface area contributed by atoms with Crippen molar-refractivity contribution < 1.29 is 4.79 Å². The first-order valence-corrected chi connectivity index (χ1v) is 11.0. The SMILES string of the molecule is Cc1nc(N2CC3CC3C2)ncc1Cn1cc(C(=O)N[C@@H]2CCc3c2ncn3C)cn1. The van der Waals surface area contributed by atoms with Crippen molar-refractivity contribution in [2.24, 2.45) is 18.9 Å². The van der Waals surface area contributed by atoms with E-state index in [0.717, 1.165) is 60.7 Å².